The van der Waals surface area contributed by atoms with E-state index in [0.717, 1.165) is 25.0 Å². The molecule has 9 heteroatoms. The van der Waals surface area contributed by atoms with Gasteiger partial charge in [-0.05, 0) is 30.9 Å². The van der Waals surface area contributed by atoms with E-state index in [1.807, 2.05) is 0 Å². The summed E-state index contributed by atoms with van der Waals surface area (Å²) in [6.07, 6.45) is 1.81. The van der Waals surface area contributed by atoms with Crippen LogP contribution in [-0.4, -0.2) is 25.9 Å². The lowest BCUT2D eigenvalue weighted by atomic mass is 10.2. The summed E-state index contributed by atoms with van der Waals surface area (Å²) in [6.45, 7) is 0.151. The summed E-state index contributed by atoms with van der Waals surface area (Å²) in [4.78, 5) is 9.74. The van der Waals surface area contributed by atoms with Gasteiger partial charge in [-0.3, -0.25) is 10.1 Å². The zero-order chi connectivity index (χ0) is 14.9. The normalized spacial score (nSPS) is 16.9. The Hall–Kier alpha value is -1.22. The molecular formula is C11H14ClN3O4S. The van der Waals surface area contributed by atoms with E-state index in [1.165, 1.54) is 6.07 Å². The Kier molecular flexibility index (Phi) is 4.28. The molecule has 1 saturated carbocycles. The highest BCUT2D eigenvalue weighted by molar-refractivity contribution is 7.89. The van der Waals surface area contributed by atoms with Crippen LogP contribution in [0.15, 0.2) is 23.1 Å². The van der Waals surface area contributed by atoms with Gasteiger partial charge in [0.25, 0.3) is 5.69 Å². The zero-order valence-corrected chi connectivity index (χ0v) is 12.0. The highest BCUT2D eigenvalue weighted by Crippen LogP contribution is 2.34. The maximum Gasteiger partial charge on any atom is 0.289 e. The highest BCUT2D eigenvalue weighted by Gasteiger charge is 2.35. The number of sulfonamides is 1. The number of nitro benzene ring substituents is 1. The standard InChI is InChI=1S/C11H14ClN3O4S/c12-8-3-4-10(15(16)17)11(5-8)20(18,19)14-9(6-13)7-1-2-7/h3-5,7,9,14H,1-2,6,13H2/t9-/m1/s1. The first kappa shape index (κ1) is 15.2. The SMILES string of the molecule is NC[C@@H](NS(=O)(=O)c1cc(Cl)ccc1[N+](=O)[O-])C1CC1. The summed E-state index contributed by atoms with van der Waals surface area (Å²) < 4.78 is 27.0. The van der Waals surface area contributed by atoms with Gasteiger partial charge in [0.1, 0.15) is 0 Å². The molecule has 2 rings (SSSR count). The van der Waals surface area contributed by atoms with E-state index in [-0.39, 0.29) is 17.5 Å². The minimum Gasteiger partial charge on any atom is -0.329 e. The quantitative estimate of drug-likeness (QED) is 0.605. The molecule has 0 unspecified atom stereocenters. The van der Waals surface area contributed by atoms with Gasteiger partial charge in [0.2, 0.25) is 10.0 Å². The van der Waals surface area contributed by atoms with E-state index in [4.69, 9.17) is 17.3 Å². The molecule has 0 aliphatic heterocycles. The fourth-order valence-corrected chi connectivity index (χ4v) is 3.70. The molecule has 0 bridgehead atoms. The van der Waals surface area contributed by atoms with Crippen molar-refractivity contribution < 1.29 is 13.3 Å². The van der Waals surface area contributed by atoms with Crippen molar-refractivity contribution in [2.75, 3.05) is 6.54 Å². The van der Waals surface area contributed by atoms with Crippen LogP contribution in [0.2, 0.25) is 5.02 Å². The first-order valence-corrected chi connectivity index (χ1v) is 7.87. The molecule has 0 aromatic heterocycles. The summed E-state index contributed by atoms with van der Waals surface area (Å²) in [7, 11) is -4.03. The lowest BCUT2D eigenvalue weighted by Crippen LogP contribution is -2.41. The Labute approximate surface area is 121 Å². The van der Waals surface area contributed by atoms with Crippen LogP contribution in [0, 0.1) is 16.0 Å². The van der Waals surface area contributed by atoms with Crippen molar-refractivity contribution in [3.8, 4) is 0 Å². The van der Waals surface area contributed by atoms with Gasteiger partial charge >= 0.3 is 0 Å². The molecule has 0 heterocycles. The van der Waals surface area contributed by atoms with Crippen molar-refractivity contribution >= 4 is 27.3 Å². The van der Waals surface area contributed by atoms with Crippen LogP contribution in [0.1, 0.15) is 12.8 Å². The van der Waals surface area contributed by atoms with Crippen LogP contribution in [0.3, 0.4) is 0 Å². The Bertz CT molecular complexity index is 631. The molecule has 0 saturated heterocycles. The molecule has 1 aliphatic rings. The maximum absolute atomic E-state index is 12.3. The van der Waals surface area contributed by atoms with Crippen LogP contribution < -0.4 is 10.5 Å². The number of halogens is 1. The second kappa shape index (κ2) is 5.65. The Morgan fingerprint density at radius 3 is 2.65 bits per heavy atom. The van der Waals surface area contributed by atoms with Crippen molar-refractivity contribution in [3.63, 3.8) is 0 Å². The number of nitrogens with one attached hydrogen (secondary N) is 1. The zero-order valence-electron chi connectivity index (χ0n) is 10.5. The highest BCUT2D eigenvalue weighted by atomic mass is 35.5. The molecule has 1 atom stereocenters. The molecule has 0 radical (unpaired) electrons. The van der Waals surface area contributed by atoms with Crippen LogP contribution in [0.5, 0.6) is 0 Å². The van der Waals surface area contributed by atoms with Gasteiger partial charge in [0.05, 0.1) is 4.92 Å². The van der Waals surface area contributed by atoms with E-state index >= 15 is 0 Å². The van der Waals surface area contributed by atoms with Crippen molar-refractivity contribution in [1.29, 1.82) is 0 Å². The molecule has 3 N–H and O–H groups in total. The summed E-state index contributed by atoms with van der Waals surface area (Å²) in [5.74, 6) is 0.202. The summed E-state index contributed by atoms with van der Waals surface area (Å²) in [5.41, 5.74) is 5.03. The molecule has 7 nitrogen and oxygen atoms in total. The predicted molar refractivity (Wildman–Crippen MR) is 74.0 cm³/mol. The smallest absolute Gasteiger partial charge is 0.289 e. The van der Waals surface area contributed by atoms with E-state index < -0.39 is 31.6 Å². The topological polar surface area (TPSA) is 115 Å². The molecule has 20 heavy (non-hydrogen) atoms. The number of hydrogen-bond donors (Lipinski definition) is 2. The average Bonchev–Trinajstić information content (AvgIpc) is 3.19. The largest absolute Gasteiger partial charge is 0.329 e. The second-order valence-electron chi connectivity index (χ2n) is 4.67. The predicted octanol–water partition coefficient (Wildman–Crippen LogP) is 1.26. The maximum atomic E-state index is 12.3. The number of nitrogens with zero attached hydrogens (tertiary/aromatic N) is 1. The van der Waals surface area contributed by atoms with Crippen molar-refractivity contribution in [1.82, 2.24) is 4.72 Å². The van der Waals surface area contributed by atoms with E-state index in [0.29, 0.717) is 0 Å². The first-order valence-electron chi connectivity index (χ1n) is 6.01. The molecule has 1 aromatic carbocycles. The second-order valence-corrected chi connectivity index (χ2v) is 6.79. The van der Waals surface area contributed by atoms with E-state index in [9.17, 15) is 18.5 Å². The molecular weight excluding hydrogens is 306 g/mol. The monoisotopic (exact) mass is 319 g/mol. The third kappa shape index (κ3) is 3.26. The Morgan fingerprint density at radius 1 is 1.50 bits per heavy atom. The average molecular weight is 320 g/mol. The number of nitrogens with two attached hydrogens (primary N) is 1. The van der Waals surface area contributed by atoms with Crippen LogP contribution in [0.4, 0.5) is 5.69 Å². The van der Waals surface area contributed by atoms with Gasteiger partial charge in [-0.2, -0.15) is 0 Å². The van der Waals surface area contributed by atoms with Crippen LogP contribution in [0.25, 0.3) is 0 Å². The number of nitro groups is 1. The lowest BCUT2D eigenvalue weighted by Gasteiger charge is -2.16. The van der Waals surface area contributed by atoms with Crippen LogP contribution >= 0.6 is 11.6 Å². The molecule has 1 aliphatic carbocycles. The van der Waals surface area contributed by atoms with E-state index in [1.54, 1.807) is 0 Å². The fraction of sp³-hybridized carbons (Fsp3) is 0.455. The Balaban J connectivity index is 2.37. The van der Waals surface area contributed by atoms with Gasteiger partial charge < -0.3 is 5.73 Å². The number of rotatable bonds is 6. The van der Waals surface area contributed by atoms with Gasteiger partial charge in [-0.25, -0.2) is 13.1 Å². The number of benzene rings is 1. The first-order chi connectivity index (χ1) is 9.35. The molecule has 0 spiro atoms. The van der Waals surface area contributed by atoms with Gasteiger partial charge in [-0.15, -0.1) is 0 Å². The summed E-state index contributed by atoms with van der Waals surface area (Å²) in [5, 5.41) is 11.0. The molecule has 1 aromatic rings. The Morgan fingerprint density at radius 2 is 2.15 bits per heavy atom. The summed E-state index contributed by atoms with van der Waals surface area (Å²) >= 11 is 5.73. The van der Waals surface area contributed by atoms with Crippen molar-refractivity contribution in [2.24, 2.45) is 11.7 Å². The van der Waals surface area contributed by atoms with Crippen molar-refractivity contribution in [2.45, 2.75) is 23.8 Å². The van der Waals surface area contributed by atoms with Gasteiger partial charge in [0, 0.05) is 23.7 Å². The van der Waals surface area contributed by atoms with Gasteiger partial charge in [0.15, 0.2) is 4.90 Å². The molecule has 1 fully saturated rings. The third-order valence-corrected chi connectivity index (χ3v) is 4.91. The molecule has 110 valence electrons. The number of hydrogen-bond acceptors (Lipinski definition) is 5. The van der Waals surface area contributed by atoms with Crippen LogP contribution in [-0.2, 0) is 10.0 Å². The summed E-state index contributed by atoms with van der Waals surface area (Å²) in [6, 6.07) is 3.02. The third-order valence-electron chi connectivity index (χ3n) is 3.16. The van der Waals surface area contributed by atoms with Crippen molar-refractivity contribution in [3.05, 3.63) is 33.3 Å². The van der Waals surface area contributed by atoms with E-state index in [2.05, 4.69) is 4.72 Å². The minimum absolute atomic E-state index is 0.117. The van der Waals surface area contributed by atoms with Gasteiger partial charge in [-0.1, -0.05) is 11.6 Å². The fourth-order valence-electron chi connectivity index (χ4n) is 1.95. The molecule has 0 amide bonds. The lowest BCUT2D eigenvalue weighted by molar-refractivity contribution is -0.387. The minimum atomic E-state index is -4.03.